The van der Waals surface area contributed by atoms with E-state index >= 15 is 0 Å². The fourth-order valence-corrected chi connectivity index (χ4v) is 2.95. The maximum absolute atomic E-state index is 12.6. The second-order valence-electron chi connectivity index (χ2n) is 5.57. The smallest absolute Gasteiger partial charge is 0.242 e. The van der Waals surface area contributed by atoms with Crippen LogP contribution in [0.5, 0.6) is 0 Å². The van der Waals surface area contributed by atoms with E-state index in [1.807, 2.05) is 37.2 Å². The van der Waals surface area contributed by atoms with Crippen molar-refractivity contribution in [1.29, 1.82) is 0 Å². The first-order valence-electron chi connectivity index (χ1n) is 6.80. The predicted octanol–water partition coefficient (Wildman–Crippen LogP) is 1.54. The monoisotopic (exact) mass is 296 g/mol. The molecule has 5 heteroatoms. The standard InChI is InChI=1S/C15H21ClN2O2/c1-10(19)14(17(2)3)15(20)18-7-6-11-8-13(16)5-4-12(11)9-18/h4-5,8,10,14,19H,6-7,9H2,1-3H3/t10-,14-/m1/s1. The maximum Gasteiger partial charge on any atom is 0.242 e. The lowest BCUT2D eigenvalue weighted by Gasteiger charge is -2.35. The molecule has 1 aliphatic rings. The molecule has 0 fully saturated rings. The lowest BCUT2D eigenvalue weighted by atomic mass is 9.98. The molecule has 2 atom stereocenters. The summed E-state index contributed by atoms with van der Waals surface area (Å²) in [6.45, 7) is 2.91. The summed E-state index contributed by atoms with van der Waals surface area (Å²) in [6.07, 6.45) is 0.116. The number of aliphatic hydroxyl groups excluding tert-OH is 1. The summed E-state index contributed by atoms with van der Waals surface area (Å²) < 4.78 is 0. The second kappa shape index (κ2) is 6.12. The molecule has 0 radical (unpaired) electrons. The summed E-state index contributed by atoms with van der Waals surface area (Å²) >= 11 is 5.99. The van der Waals surface area contributed by atoms with Crippen molar-refractivity contribution in [3.63, 3.8) is 0 Å². The van der Waals surface area contributed by atoms with Gasteiger partial charge in [-0.2, -0.15) is 0 Å². The molecule has 20 heavy (non-hydrogen) atoms. The molecule has 110 valence electrons. The molecule has 1 aromatic rings. The Bertz CT molecular complexity index is 495. The minimum absolute atomic E-state index is 0.0226. The van der Waals surface area contributed by atoms with E-state index in [0.717, 1.165) is 17.0 Å². The topological polar surface area (TPSA) is 43.8 Å². The molecule has 4 nitrogen and oxygen atoms in total. The zero-order valence-electron chi connectivity index (χ0n) is 12.1. The number of hydrogen-bond donors (Lipinski definition) is 1. The summed E-state index contributed by atoms with van der Waals surface area (Å²) in [7, 11) is 3.62. The number of nitrogens with zero attached hydrogens (tertiary/aromatic N) is 2. The van der Waals surface area contributed by atoms with Crippen LogP contribution in [0, 0.1) is 0 Å². The van der Waals surface area contributed by atoms with E-state index in [4.69, 9.17) is 11.6 Å². The minimum atomic E-state index is -0.691. The van der Waals surface area contributed by atoms with Gasteiger partial charge in [-0.05, 0) is 50.7 Å². The van der Waals surface area contributed by atoms with Crippen molar-refractivity contribution in [3.8, 4) is 0 Å². The second-order valence-corrected chi connectivity index (χ2v) is 6.01. The Morgan fingerprint density at radius 1 is 1.40 bits per heavy atom. The normalized spacial score (nSPS) is 17.8. The fourth-order valence-electron chi connectivity index (χ4n) is 2.76. The number of amides is 1. The molecule has 1 aliphatic heterocycles. The number of hydrogen-bond acceptors (Lipinski definition) is 3. The van der Waals surface area contributed by atoms with Gasteiger partial charge in [-0.25, -0.2) is 0 Å². The Kier molecular flexibility index (Phi) is 4.68. The van der Waals surface area contributed by atoms with E-state index in [-0.39, 0.29) is 5.91 Å². The molecule has 0 saturated heterocycles. The lowest BCUT2D eigenvalue weighted by Crippen LogP contribution is -2.52. The van der Waals surface area contributed by atoms with Crippen molar-refractivity contribution < 1.29 is 9.90 Å². The number of aliphatic hydroxyl groups is 1. The van der Waals surface area contributed by atoms with E-state index in [2.05, 4.69) is 0 Å². The predicted molar refractivity (Wildman–Crippen MR) is 79.7 cm³/mol. The van der Waals surface area contributed by atoms with E-state index in [0.29, 0.717) is 13.1 Å². The van der Waals surface area contributed by atoms with Gasteiger partial charge >= 0.3 is 0 Å². The van der Waals surface area contributed by atoms with Gasteiger partial charge in [0.1, 0.15) is 6.04 Å². The summed E-state index contributed by atoms with van der Waals surface area (Å²) in [4.78, 5) is 16.1. The summed E-state index contributed by atoms with van der Waals surface area (Å²) in [6, 6.07) is 5.30. The quantitative estimate of drug-likeness (QED) is 0.920. The van der Waals surface area contributed by atoms with E-state index in [1.165, 1.54) is 5.56 Å². The maximum atomic E-state index is 12.6. The third-order valence-corrected chi connectivity index (χ3v) is 3.99. The van der Waals surface area contributed by atoms with Crippen molar-refractivity contribution in [3.05, 3.63) is 34.3 Å². The average molecular weight is 297 g/mol. The molecule has 0 spiro atoms. The van der Waals surface area contributed by atoms with Crippen LogP contribution in [0.3, 0.4) is 0 Å². The number of halogens is 1. The Balaban J connectivity index is 2.16. The molecule has 0 bridgehead atoms. The van der Waals surface area contributed by atoms with Crippen LogP contribution in [-0.4, -0.2) is 53.6 Å². The van der Waals surface area contributed by atoms with Crippen LogP contribution in [0.2, 0.25) is 5.02 Å². The number of carbonyl (C=O) groups is 1. The van der Waals surface area contributed by atoms with Gasteiger partial charge in [0.15, 0.2) is 0 Å². The fraction of sp³-hybridized carbons (Fsp3) is 0.533. The van der Waals surface area contributed by atoms with Crippen molar-refractivity contribution in [2.75, 3.05) is 20.6 Å². The van der Waals surface area contributed by atoms with Crippen molar-refractivity contribution in [2.24, 2.45) is 0 Å². The number of likely N-dealkylation sites (N-methyl/N-ethyl adjacent to an activating group) is 1. The van der Waals surface area contributed by atoms with Crippen LogP contribution in [0.4, 0.5) is 0 Å². The Morgan fingerprint density at radius 3 is 2.70 bits per heavy atom. The minimum Gasteiger partial charge on any atom is -0.391 e. The van der Waals surface area contributed by atoms with Crippen LogP contribution in [-0.2, 0) is 17.8 Å². The first-order valence-corrected chi connectivity index (χ1v) is 7.18. The molecule has 1 N–H and O–H groups in total. The van der Waals surface area contributed by atoms with Crippen LogP contribution in [0.1, 0.15) is 18.1 Å². The van der Waals surface area contributed by atoms with Gasteiger partial charge in [-0.3, -0.25) is 9.69 Å². The van der Waals surface area contributed by atoms with Crippen LogP contribution >= 0.6 is 11.6 Å². The molecule has 0 saturated carbocycles. The Hall–Kier alpha value is -1.10. The molecule has 1 amide bonds. The lowest BCUT2D eigenvalue weighted by molar-refractivity contribution is -0.140. The molecular formula is C15H21ClN2O2. The highest BCUT2D eigenvalue weighted by Crippen LogP contribution is 2.23. The van der Waals surface area contributed by atoms with Gasteiger partial charge in [0.2, 0.25) is 5.91 Å². The van der Waals surface area contributed by atoms with Gasteiger partial charge in [0.05, 0.1) is 6.10 Å². The van der Waals surface area contributed by atoms with E-state index in [1.54, 1.807) is 11.8 Å². The zero-order chi connectivity index (χ0) is 14.9. The summed E-state index contributed by atoms with van der Waals surface area (Å²) in [5.41, 5.74) is 2.34. The summed E-state index contributed by atoms with van der Waals surface area (Å²) in [5.74, 6) is -0.0226. The number of fused-ring (bicyclic) bond motifs is 1. The third-order valence-electron chi connectivity index (χ3n) is 3.76. The number of rotatable bonds is 3. The van der Waals surface area contributed by atoms with Gasteiger partial charge in [0, 0.05) is 18.1 Å². The molecule has 0 aromatic heterocycles. The third kappa shape index (κ3) is 3.14. The first-order chi connectivity index (χ1) is 9.40. The Labute approximate surface area is 124 Å². The van der Waals surface area contributed by atoms with Gasteiger partial charge in [-0.1, -0.05) is 17.7 Å². The first kappa shape index (κ1) is 15.3. The van der Waals surface area contributed by atoms with Crippen molar-refractivity contribution in [1.82, 2.24) is 9.80 Å². The van der Waals surface area contributed by atoms with Crippen LogP contribution in [0.15, 0.2) is 18.2 Å². The van der Waals surface area contributed by atoms with Crippen LogP contribution < -0.4 is 0 Å². The molecule has 0 unspecified atom stereocenters. The highest BCUT2D eigenvalue weighted by Gasteiger charge is 2.31. The molecule has 0 aliphatic carbocycles. The molecule has 1 aromatic carbocycles. The average Bonchev–Trinajstić information content (AvgIpc) is 2.37. The zero-order valence-corrected chi connectivity index (χ0v) is 12.9. The van der Waals surface area contributed by atoms with Gasteiger partial charge in [-0.15, -0.1) is 0 Å². The van der Waals surface area contributed by atoms with Crippen molar-refractivity contribution in [2.45, 2.75) is 32.0 Å². The van der Waals surface area contributed by atoms with Gasteiger partial charge in [0.25, 0.3) is 0 Å². The Morgan fingerprint density at radius 2 is 2.10 bits per heavy atom. The summed E-state index contributed by atoms with van der Waals surface area (Å²) in [5, 5.41) is 10.5. The molecule has 1 heterocycles. The SMILES string of the molecule is C[C@@H](O)[C@H](C(=O)N1CCc2cc(Cl)ccc2C1)N(C)C. The van der Waals surface area contributed by atoms with E-state index < -0.39 is 12.1 Å². The van der Waals surface area contributed by atoms with Crippen LogP contribution in [0.25, 0.3) is 0 Å². The highest BCUT2D eigenvalue weighted by molar-refractivity contribution is 6.30. The number of carbonyl (C=O) groups excluding carboxylic acids is 1. The largest absolute Gasteiger partial charge is 0.391 e. The van der Waals surface area contributed by atoms with E-state index in [9.17, 15) is 9.90 Å². The van der Waals surface area contributed by atoms with Gasteiger partial charge < -0.3 is 10.0 Å². The van der Waals surface area contributed by atoms with Crippen molar-refractivity contribution >= 4 is 17.5 Å². The highest BCUT2D eigenvalue weighted by atomic mass is 35.5. The molecule has 2 rings (SSSR count). The molecular weight excluding hydrogens is 276 g/mol. The number of benzene rings is 1.